The number of alkyl halides is 2. The Morgan fingerprint density at radius 3 is 1.86 bits per heavy atom. The predicted molar refractivity (Wildman–Crippen MR) is 57.9 cm³/mol. The molecule has 0 saturated carbocycles. The highest BCUT2D eigenvalue weighted by atomic mass is 35.5. The van der Waals surface area contributed by atoms with Crippen LogP contribution in [0.25, 0.3) is 0 Å². The van der Waals surface area contributed by atoms with Gasteiger partial charge in [-0.2, -0.15) is 0 Å². The topological polar surface area (TPSA) is 47.9 Å². The molecule has 0 amide bonds. The molecule has 0 rings (SSSR count). The summed E-state index contributed by atoms with van der Waals surface area (Å²) >= 11 is 10.9. The molecule has 0 aromatic carbocycles. The maximum absolute atomic E-state index is 8.53. The van der Waals surface area contributed by atoms with Gasteiger partial charge in [-0.1, -0.05) is 0 Å². The molecule has 14 heavy (non-hydrogen) atoms. The average Bonchev–Trinajstić information content (AvgIpc) is 2.21. The van der Waals surface area contributed by atoms with Gasteiger partial charge in [-0.3, -0.25) is 0 Å². The van der Waals surface area contributed by atoms with Crippen LogP contribution in [0, 0.1) is 0 Å². The normalized spacial score (nSPS) is 11.1. The van der Waals surface area contributed by atoms with E-state index in [0.29, 0.717) is 38.0 Å². The van der Waals surface area contributed by atoms with E-state index >= 15 is 0 Å². The standard InChI is InChI=1S/C7H15Cl2O4P/c8-2-6-12-14(13-7-3-9)11-5-1-4-10/h10H,1-7H2. The summed E-state index contributed by atoms with van der Waals surface area (Å²) in [6.45, 7) is 1.27. The zero-order chi connectivity index (χ0) is 10.6. The summed E-state index contributed by atoms with van der Waals surface area (Å²) in [6.07, 6.45) is 0.563. The van der Waals surface area contributed by atoms with Crippen LogP contribution in [0.5, 0.6) is 0 Å². The van der Waals surface area contributed by atoms with Gasteiger partial charge in [0, 0.05) is 18.4 Å². The van der Waals surface area contributed by atoms with Crippen molar-refractivity contribution in [3.05, 3.63) is 0 Å². The van der Waals surface area contributed by atoms with Crippen LogP contribution in [-0.2, 0) is 13.6 Å². The highest BCUT2D eigenvalue weighted by Crippen LogP contribution is 2.39. The number of aliphatic hydroxyl groups excluding tert-OH is 1. The minimum atomic E-state index is -1.36. The van der Waals surface area contributed by atoms with Crippen molar-refractivity contribution in [3.63, 3.8) is 0 Å². The van der Waals surface area contributed by atoms with Crippen LogP contribution in [0.3, 0.4) is 0 Å². The monoisotopic (exact) mass is 264 g/mol. The molecular weight excluding hydrogens is 250 g/mol. The first-order valence-corrected chi connectivity index (χ1v) is 6.43. The molecule has 0 unspecified atom stereocenters. The summed E-state index contributed by atoms with van der Waals surface area (Å²) in [5.74, 6) is 0.791. The molecule has 0 fully saturated rings. The first-order valence-electron chi connectivity index (χ1n) is 4.26. The zero-order valence-corrected chi connectivity index (χ0v) is 10.2. The molecule has 0 radical (unpaired) electrons. The summed E-state index contributed by atoms with van der Waals surface area (Å²) in [7, 11) is -1.36. The first kappa shape index (κ1) is 14.8. The van der Waals surface area contributed by atoms with E-state index in [1.165, 1.54) is 0 Å². The van der Waals surface area contributed by atoms with E-state index in [2.05, 4.69) is 0 Å². The summed E-state index contributed by atoms with van der Waals surface area (Å²) in [6, 6.07) is 0. The minimum absolute atomic E-state index is 0.0915. The van der Waals surface area contributed by atoms with Crippen molar-refractivity contribution in [1.82, 2.24) is 0 Å². The molecular formula is C7H15Cl2O4P. The molecule has 1 N–H and O–H groups in total. The van der Waals surface area contributed by atoms with Gasteiger partial charge >= 0.3 is 8.60 Å². The van der Waals surface area contributed by atoms with Crippen LogP contribution in [0.2, 0.25) is 0 Å². The molecule has 86 valence electrons. The Labute approximate surface area is 95.4 Å². The van der Waals surface area contributed by atoms with Crippen LogP contribution in [0.4, 0.5) is 0 Å². The van der Waals surface area contributed by atoms with Gasteiger partial charge in [-0.25, -0.2) is 0 Å². The molecule has 0 aliphatic heterocycles. The van der Waals surface area contributed by atoms with E-state index in [-0.39, 0.29) is 6.61 Å². The summed E-state index contributed by atoms with van der Waals surface area (Å²) < 4.78 is 15.6. The van der Waals surface area contributed by atoms with Gasteiger partial charge in [0.1, 0.15) is 0 Å². The molecule has 0 bridgehead atoms. The predicted octanol–water partition coefficient (Wildman–Crippen LogP) is 2.12. The SMILES string of the molecule is OCCCOP(OCCCl)OCCCl. The van der Waals surface area contributed by atoms with E-state index < -0.39 is 8.60 Å². The first-order chi connectivity index (χ1) is 6.85. The number of halogens is 2. The van der Waals surface area contributed by atoms with Crippen molar-refractivity contribution >= 4 is 31.8 Å². The molecule has 7 heteroatoms. The Balaban J connectivity index is 3.49. The molecule has 0 aliphatic carbocycles. The van der Waals surface area contributed by atoms with Gasteiger partial charge in [-0.15, -0.1) is 23.2 Å². The Bertz CT molecular complexity index is 112. The fourth-order valence-corrected chi connectivity index (χ4v) is 1.89. The lowest BCUT2D eigenvalue weighted by Gasteiger charge is -2.15. The second-order valence-corrected chi connectivity index (χ2v) is 4.16. The van der Waals surface area contributed by atoms with E-state index in [9.17, 15) is 0 Å². The van der Waals surface area contributed by atoms with E-state index in [1.807, 2.05) is 0 Å². The lowest BCUT2D eigenvalue weighted by molar-refractivity contribution is 0.159. The highest BCUT2D eigenvalue weighted by Gasteiger charge is 2.11. The molecule has 0 aromatic rings. The van der Waals surface area contributed by atoms with Crippen LogP contribution in [0.15, 0.2) is 0 Å². The average molecular weight is 265 g/mol. The largest absolute Gasteiger partial charge is 0.396 e. The summed E-state index contributed by atoms with van der Waals surface area (Å²) in [5.41, 5.74) is 0. The second-order valence-electron chi connectivity index (χ2n) is 2.18. The van der Waals surface area contributed by atoms with Gasteiger partial charge in [0.25, 0.3) is 0 Å². The van der Waals surface area contributed by atoms with Crippen molar-refractivity contribution in [2.75, 3.05) is 38.2 Å². The smallest absolute Gasteiger partial charge is 0.332 e. The highest BCUT2D eigenvalue weighted by molar-refractivity contribution is 7.41. The molecule has 0 aliphatic rings. The van der Waals surface area contributed by atoms with Crippen molar-refractivity contribution in [2.24, 2.45) is 0 Å². The van der Waals surface area contributed by atoms with Gasteiger partial charge in [0.15, 0.2) is 0 Å². The maximum Gasteiger partial charge on any atom is 0.332 e. The van der Waals surface area contributed by atoms with E-state index in [0.717, 1.165) is 0 Å². The fraction of sp³-hybridized carbons (Fsp3) is 1.00. The van der Waals surface area contributed by atoms with Gasteiger partial charge < -0.3 is 18.7 Å². The molecule has 0 spiro atoms. The van der Waals surface area contributed by atoms with Crippen LogP contribution in [0.1, 0.15) is 6.42 Å². The third kappa shape index (κ3) is 9.41. The Morgan fingerprint density at radius 2 is 1.43 bits per heavy atom. The van der Waals surface area contributed by atoms with Crippen molar-refractivity contribution < 1.29 is 18.7 Å². The Hall–Kier alpha value is 0.850. The van der Waals surface area contributed by atoms with Gasteiger partial charge in [0.2, 0.25) is 0 Å². The lowest BCUT2D eigenvalue weighted by Crippen LogP contribution is -2.02. The minimum Gasteiger partial charge on any atom is -0.396 e. The Morgan fingerprint density at radius 1 is 0.929 bits per heavy atom. The number of rotatable bonds is 10. The summed E-state index contributed by atoms with van der Waals surface area (Å²) in [4.78, 5) is 0. The van der Waals surface area contributed by atoms with Crippen LogP contribution < -0.4 is 0 Å². The van der Waals surface area contributed by atoms with Crippen molar-refractivity contribution in [3.8, 4) is 0 Å². The summed E-state index contributed by atoms with van der Waals surface area (Å²) in [5, 5.41) is 8.53. The molecule has 0 atom stereocenters. The molecule has 4 nitrogen and oxygen atoms in total. The number of hydrogen-bond acceptors (Lipinski definition) is 4. The lowest BCUT2D eigenvalue weighted by atomic mass is 10.5. The van der Waals surface area contributed by atoms with Crippen molar-refractivity contribution in [2.45, 2.75) is 6.42 Å². The van der Waals surface area contributed by atoms with Crippen LogP contribution >= 0.6 is 31.8 Å². The van der Waals surface area contributed by atoms with E-state index in [1.54, 1.807) is 0 Å². The molecule has 0 saturated heterocycles. The number of aliphatic hydroxyl groups is 1. The molecule has 0 heterocycles. The quantitative estimate of drug-likeness (QED) is 0.373. The second kappa shape index (κ2) is 11.9. The molecule has 0 aromatic heterocycles. The van der Waals surface area contributed by atoms with Crippen LogP contribution in [-0.4, -0.2) is 43.3 Å². The van der Waals surface area contributed by atoms with Gasteiger partial charge in [-0.05, 0) is 6.42 Å². The Kier molecular flexibility index (Phi) is 12.6. The van der Waals surface area contributed by atoms with Crippen molar-refractivity contribution in [1.29, 1.82) is 0 Å². The third-order valence-corrected chi connectivity index (χ3v) is 2.54. The number of hydrogen-bond donors (Lipinski definition) is 1. The zero-order valence-electron chi connectivity index (χ0n) is 7.82. The maximum atomic E-state index is 8.53. The van der Waals surface area contributed by atoms with E-state index in [4.69, 9.17) is 41.9 Å². The third-order valence-electron chi connectivity index (χ3n) is 1.05. The van der Waals surface area contributed by atoms with Gasteiger partial charge in [0.05, 0.1) is 19.8 Å². The fourth-order valence-electron chi connectivity index (χ4n) is 0.534.